The van der Waals surface area contributed by atoms with Crippen LogP contribution in [0.4, 0.5) is 5.69 Å². The van der Waals surface area contributed by atoms with Gasteiger partial charge in [0.25, 0.3) is 5.91 Å². The molecule has 138 valence electrons. The quantitative estimate of drug-likeness (QED) is 0.520. The summed E-state index contributed by atoms with van der Waals surface area (Å²) >= 11 is 0. The molecule has 0 aliphatic carbocycles. The van der Waals surface area contributed by atoms with E-state index >= 15 is 0 Å². The lowest BCUT2D eigenvalue weighted by Gasteiger charge is -2.07. The summed E-state index contributed by atoms with van der Waals surface area (Å²) in [6.07, 6.45) is 3.74. The molecular formula is C23H18N2O3. The Morgan fingerprint density at radius 1 is 1.00 bits per heavy atom. The second-order valence-electron chi connectivity index (χ2n) is 6.16. The van der Waals surface area contributed by atoms with Gasteiger partial charge in [0.15, 0.2) is 5.58 Å². The predicted molar refractivity (Wildman–Crippen MR) is 110 cm³/mol. The molecule has 0 aliphatic heterocycles. The zero-order chi connectivity index (χ0) is 19.3. The Labute approximate surface area is 162 Å². The summed E-state index contributed by atoms with van der Waals surface area (Å²) in [5.41, 5.74) is 3.82. The number of nitrogens with one attached hydrogen (secondary N) is 1. The fourth-order valence-electron chi connectivity index (χ4n) is 2.77. The predicted octanol–water partition coefficient (Wildman–Crippen LogP) is 5.26. The molecule has 28 heavy (non-hydrogen) atoms. The number of oxazole rings is 1. The third kappa shape index (κ3) is 3.94. The Morgan fingerprint density at radius 2 is 1.82 bits per heavy atom. The van der Waals surface area contributed by atoms with Gasteiger partial charge in [-0.15, -0.1) is 0 Å². The van der Waals surface area contributed by atoms with E-state index in [1.54, 1.807) is 31.4 Å². The number of carbonyl (C=O) groups is 1. The summed E-state index contributed by atoms with van der Waals surface area (Å²) in [4.78, 5) is 16.8. The first-order valence-electron chi connectivity index (χ1n) is 8.80. The van der Waals surface area contributed by atoms with Crippen LogP contribution in [0.25, 0.3) is 23.3 Å². The lowest BCUT2D eigenvalue weighted by Crippen LogP contribution is -2.11. The highest BCUT2D eigenvalue weighted by Crippen LogP contribution is 2.18. The highest BCUT2D eigenvalue weighted by Gasteiger charge is 2.07. The molecule has 1 aromatic heterocycles. The number of anilines is 1. The van der Waals surface area contributed by atoms with Crippen molar-refractivity contribution in [2.45, 2.75) is 0 Å². The average Bonchev–Trinajstić information content (AvgIpc) is 3.16. The molecule has 4 aromatic rings. The molecule has 3 aromatic carbocycles. The fourth-order valence-corrected chi connectivity index (χ4v) is 2.77. The van der Waals surface area contributed by atoms with Crippen LogP contribution in [0.1, 0.15) is 21.8 Å². The maximum atomic E-state index is 12.4. The summed E-state index contributed by atoms with van der Waals surface area (Å²) in [5.74, 6) is 1.01. The number of hydrogen-bond donors (Lipinski definition) is 1. The second kappa shape index (κ2) is 7.80. The maximum Gasteiger partial charge on any atom is 0.255 e. The van der Waals surface area contributed by atoms with Crippen molar-refractivity contribution in [2.75, 3.05) is 12.4 Å². The summed E-state index contributed by atoms with van der Waals surface area (Å²) in [7, 11) is 1.57. The summed E-state index contributed by atoms with van der Waals surface area (Å²) in [6, 6.07) is 22.2. The van der Waals surface area contributed by atoms with Gasteiger partial charge in [0.1, 0.15) is 11.3 Å². The second-order valence-corrected chi connectivity index (χ2v) is 6.16. The van der Waals surface area contributed by atoms with E-state index in [0.29, 0.717) is 22.9 Å². The first kappa shape index (κ1) is 17.5. The first-order chi connectivity index (χ1) is 13.7. The third-order valence-electron chi connectivity index (χ3n) is 4.23. The van der Waals surface area contributed by atoms with Crippen LogP contribution in [-0.2, 0) is 0 Å². The Bertz CT molecular complexity index is 1110. The number of amides is 1. The van der Waals surface area contributed by atoms with Crippen molar-refractivity contribution < 1.29 is 13.9 Å². The third-order valence-corrected chi connectivity index (χ3v) is 4.23. The van der Waals surface area contributed by atoms with Crippen LogP contribution in [-0.4, -0.2) is 18.0 Å². The van der Waals surface area contributed by atoms with Crippen molar-refractivity contribution in [1.29, 1.82) is 0 Å². The minimum atomic E-state index is -0.186. The van der Waals surface area contributed by atoms with Crippen molar-refractivity contribution in [3.8, 4) is 5.75 Å². The number of ether oxygens (including phenoxy) is 1. The zero-order valence-electron chi connectivity index (χ0n) is 15.3. The fraction of sp³-hybridized carbons (Fsp3) is 0.0435. The van der Waals surface area contributed by atoms with E-state index in [1.165, 1.54) is 0 Å². The van der Waals surface area contributed by atoms with Crippen LogP contribution in [0.5, 0.6) is 5.75 Å². The largest absolute Gasteiger partial charge is 0.497 e. The number of benzene rings is 3. The number of fused-ring (bicyclic) bond motifs is 1. The summed E-state index contributed by atoms with van der Waals surface area (Å²) in [5, 5.41) is 2.88. The van der Waals surface area contributed by atoms with Crippen LogP contribution < -0.4 is 10.1 Å². The first-order valence-corrected chi connectivity index (χ1v) is 8.80. The lowest BCUT2D eigenvalue weighted by molar-refractivity contribution is 0.102. The molecule has 0 aliphatic rings. The SMILES string of the molecule is COc1cccc(C(=O)Nc2ccc(/C=C/c3nc4ccccc4o3)cc2)c1. The highest BCUT2D eigenvalue weighted by molar-refractivity contribution is 6.04. The number of carbonyl (C=O) groups excluding carboxylic acids is 1. The molecule has 1 N–H and O–H groups in total. The minimum absolute atomic E-state index is 0.186. The molecule has 5 nitrogen and oxygen atoms in total. The molecule has 0 spiro atoms. The molecule has 0 saturated carbocycles. The summed E-state index contributed by atoms with van der Waals surface area (Å²) in [6.45, 7) is 0. The topological polar surface area (TPSA) is 64.4 Å². The van der Waals surface area contributed by atoms with Gasteiger partial charge in [0, 0.05) is 17.3 Å². The van der Waals surface area contributed by atoms with E-state index in [2.05, 4.69) is 10.3 Å². The number of rotatable bonds is 5. The Morgan fingerprint density at radius 3 is 2.61 bits per heavy atom. The van der Waals surface area contributed by atoms with Crippen molar-refractivity contribution in [3.63, 3.8) is 0 Å². The smallest absolute Gasteiger partial charge is 0.255 e. The van der Waals surface area contributed by atoms with Crippen molar-refractivity contribution in [1.82, 2.24) is 4.98 Å². The molecule has 0 atom stereocenters. The van der Waals surface area contributed by atoms with E-state index in [4.69, 9.17) is 9.15 Å². The monoisotopic (exact) mass is 370 g/mol. The number of para-hydroxylation sites is 2. The standard InChI is InChI=1S/C23H18N2O3/c1-27-19-6-4-5-17(15-19)23(26)24-18-12-9-16(10-13-18)11-14-22-25-20-7-2-3-8-21(20)28-22/h2-15H,1H3,(H,24,26)/b14-11+. The van der Waals surface area contributed by atoms with Gasteiger partial charge < -0.3 is 14.5 Å². The Balaban J connectivity index is 1.43. The normalized spacial score (nSPS) is 11.0. The van der Waals surface area contributed by atoms with E-state index in [1.807, 2.05) is 60.7 Å². The van der Waals surface area contributed by atoms with E-state index in [0.717, 1.165) is 16.7 Å². The Hall–Kier alpha value is -3.86. The molecule has 4 rings (SSSR count). The number of aromatic nitrogens is 1. The zero-order valence-corrected chi connectivity index (χ0v) is 15.3. The van der Waals surface area contributed by atoms with Gasteiger partial charge in [-0.2, -0.15) is 0 Å². The number of hydrogen-bond acceptors (Lipinski definition) is 4. The van der Waals surface area contributed by atoms with Gasteiger partial charge in [-0.05, 0) is 54.1 Å². The van der Waals surface area contributed by atoms with Gasteiger partial charge >= 0.3 is 0 Å². The van der Waals surface area contributed by atoms with E-state index < -0.39 is 0 Å². The highest BCUT2D eigenvalue weighted by atomic mass is 16.5. The molecule has 0 saturated heterocycles. The van der Waals surface area contributed by atoms with Gasteiger partial charge in [0.05, 0.1) is 7.11 Å². The molecule has 1 heterocycles. The molecule has 0 bridgehead atoms. The van der Waals surface area contributed by atoms with Gasteiger partial charge in [-0.1, -0.05) is 30.3 Å². The van der Waals surface area contributed by atoms with Gasteiger partial charge in [0.2, 0.25) is 5.89 Å². The molecule has 1 amide bonds. The van der Waals surface area contributed by atoms with Crippen molar-refractivity contribution in [3.05, 3.63) is 89.8 Å². The van der Waals surface area contributed by atoms with Gasteiger partial charge in [-0.3, -0.25) is 4.79 Å². The maximum absolute atomic E-state index is 12.4. The lowest BCUT2D eigenvalue weighted by atomic mass is 10.1. The molecule has 0 radical (unpaired) electrons. The van der Waals surface area contributed by atoms with Crippen molar-refractivity contribution >= 4 is 34.8 Å². The van der Waals surface area contributed by atoms with Crippen LogP contribution >= 0.6 is 0 Å². The van der Waals surface area contributed by atoms with E-state index in [-0.39, 0.29) is 5.91 Å². The molecule has 0 fully saturated rings. The summed E-state index contributed by atoms with van der Waals surface area (Å²) < 4.78 is 10.8. The van der Waals surface area contributed by atoms with Crippen LogP contribution in [0.3, 0.4) is 0 Å². The molecule has 0 unspecified atom stereocenters. The van der Waals surface area contributed by atoms with Crippen LogP contribution in [0.15, 0.2) is 77.2 Å². The van der Waals surface area contributed by atoms with Gasteiger partial charge in [-0.25, -0.2) is 4.98 Å². The average molecular weight is 370 g/mol. The molecular weight excluding hydrogens is 352 g/mol. The number of methoxy groups -OCH3 is 1. The Kier molecular flexibility index (Phi) is 4.89. The molecule has 5 heteroatoms. The number of nitrogens with zero attached hydrogens (tertiary/aromatic N) is 1. The van der Waals surface area contributed by atoms with Crippen molar-refractivity contribution in [2.24, 2.45) is 0 Å². The van der Waals surface area contributed by atoms with E-state index in [9.17, 15) is 4.79 Å². The van der Waals surface area contributed by atoms with Crippen LogP contribution in [0.2, 0.25) is 0 Å². The minimum Gasteiger partial charge on any atom is -0.497 e. The van der Waals surface area contributed by atoms with Crippen LogP contribution in [0, 0.1) is 0 Å².